The lowest BCUT2D eigenvalue weighted by atomic mass is 10.2. The Morgan fingerprint density at radius 1 is 0.939 bits per heavy atom. The zero-order chi connectivity index (χ0) is 24.0. The standard InChI is InChI=1S/C23H22ClN3O5S/c1-15(28)26-18-6-3-16(4-7-18)14-25-23(29)17-5-12-21(24)22(13-17)33(30,31)27-19-8-10-20(32-2)11-9-19/h3-13,27H,14H2,1-2H3,(H,25,29)(H,26,28). The summed E-state index contributed by atoms with van der Waals surface area (Å²) in [5.41, 5.74) is 1.92. The van der Waals surface area contributed by atoms with E-state index in [1.807, 2.05) is 0 Å². The average Bonchev–Trinajstić information content (AvgIpc) is 2.78. The molecule has 0 heterocycles. The van der Waals surface area contributed by atoms with Gasteiger partial charge in [0.1, 0.15) is 10.6 Å². The highest BCUT2D eigenvalue weighted by Gasteiger charge is 2.20. The summed E-state index contributed by atoms with van der Waals surface area (Å²) in [5.74, 6) is -0.0519. The van der Waals surface area contributed by atoms with Crippen molar-refractivity contribution in [2.75, 3.05) is 17.1 Å². The molecule has 0 saturated carbocycles. The summed E-state index contributed by atoms with van der Waals surface area (Å²) in [4.78, 5) is 23.5. The number of carbonyl (C=O) groups excluding carboxylic acids is 2. The number of carbonyl (C=O) groups is 2. The third-order valence-electron chi connectivity index (χ3n) is 4.55. The minimum Gasteiger partial charge on any atom is -0.497 e. The zero-order valence-corrected chi connectivity index (χ0v) is 19.5. The minimum absolute atomic E-state index is 0.0129. The molecule has 172 valence electrons. The van der Waals surface area contributed by atoms with Gasteiger partial charge in [-0.15, -0.1) is 0 Å². The molecule has 3 rings (SSSR count). The highest BCUT2D eigenvalue weighted by Crippen LogP contribution is 2.26. The molecule has 0 bridgehead atoms. The van der Waals surface area contributed by atoms with Gasteiger partial charge in [0.05, 0.1) is 12.1 Å². The second-order valence-corrected chi connectivity index (χ2v) is 9.10. The van der Waals surface area contributed by atoms with Gasteiger partial charge >= 0.3 is 0 Å². The first kappa shape index (κ1) is 24.1. The maximum absolute atomic E-state index is 12.9. The maximum Gasteiger partial charge on any atom is 0.263 e. The molecule has 0 saturated heterocycles. The molecule has 0 aliphatic heterocycles. The predicted molar refractivity (Wildman–Crippen MR) is 127 cm³/mol. The van der Waals surface area contributed by atoms with Crippen LogP contribution in [0.2, 0.25) is 5.02 Å². The largest absolute Gasteiger partial charge is 0.497 e. The molecule has 2 amide bonds. The van der Waals surface area contributed by atoms with Crippen LogP contribution in [0.1, 0.15) is 22.8 Å². The van der Waals surface area contributed by atoms with Crippen molar-refractivity contribution in [3.8, 4) is 5.75 Å². The highest BCUT2D eigenvalue weighted by molar-refractivity contribution is 7.92. The van der Waals surface area contributed by atoms with Crippen LogP contribution in [0.4, 0.5) is 11.4 Å². The van der Waals surface area contributed by atoms with Crippen molar-refractivity contribution in [3.63, 3.8) is 0 Å². The zero-order valence-electron chi connectivity index (χ0n) is 17.9. The van der Waals surface area contributed by atoms with E-state index in [9.17, 15) is 18.0 Å². The van der Waals surface area contributed by atoms with Gasteiger partial charge in [-0.2, -0.15) is 0 Å². The van der Waals surface area contributed by atoms with Crippen LogP contribution in [0.3, 0.4) is 0 Å². The van der Waals surface area contributed by atoms with E-state index in [1.54, 1.807) is 48.5 Å². The molecule has 8 nitrogen and oxygen atoms in total. The second kappa shape index (κ2) is 10.4. The van der Waals surface area contributed by atoms with Crippen LogP contribution in [0, 0.1) is 0 Å². The molecule has 0 atom stereocenters. The molecule has 33 heavy (non-hydrogen) atoms. The lowest BCUT2D eigenvalue weighted by molar-refractivity contribution is -0.114. The summed E-state index contributed by atoms with van der Waals surface area (Å²) >= 11 is 6.12. The van der Waals surface area contributed by atoms with Crippen LogP contribution in [-0.2, 0) is 21.4 Å². The van der Waals surface area contributed by atoms with Crippen LogP contribution in [0.25, 0.3) is 0 Å². The van der Waals surface area contributed by atoms with Crippen molar-refractivity contribution in [1.29, 1.82) is 0 Å². The first-order chi connectivity index (χ1) is 15.7. The lowest BCUT2D eigenvalue weighted by Gasteiger charge is -2.12. The Hall–Kier alpha value is -3.56. The average molecular weight is 488 g/mol. The third kappa shape index (κ3) is 6.47. The molecule has 0 unspecified atom stereocenters. The van der Waals surface area contributed by atoms with Crippen molar-refractivity contribution in [3.05, 3.63) is 82.9 Å². The fourth-order valence-electron chi connectivity index (χ4n) is 2.91. The number of hydrogen-bond donors (Lipinski definition) is 3. The van der Waals surface area contributed by atoms with Crippen molar-refractivity contribution >= 4 is 44.8 Å². The summed E-state index contributed by atoms with van der Waals surface area (Å²) in [6.45, 7) is 1.63. The molecule has 0 aliphatic rings. The quantitative estimate of drug-likeness (QED) is 0.443. The van der Waals surface area contributed by atoms with Crippen molar-refractivity contribution in [2.24, 2.45) is 0 Å². The Morgan fingerprint density at radius 3 is 2.18 bits per heavy atom. The normalized spacial score (nSPS) is 10.9. The van der Waals surface area contributed by atoms with Gasteiger partial charge in [0.25, 0.3) is 15.9 Å². The monoisotopic (exact) mass is 487 g/mol. The van der Waals surface area contributed by atoms with Gasteiger partial charge in [0.2, 0.25) is 5.91 Å². The number of sulfonamides is 1. The smallest absolute Gasteiger partial charge is 0.263 e. The van der Waals surface area contributed by atoms with Gasteiger partial charge in [-0.1, -0.05) is 23.7 Å². The molecule has 0 radical (unpaired) electrons. The Kier molecular flexibility index (Phi) is 7.57. The summed E-state index contributed by atoms with van der Waals surface area (Å²) in [6, 6.07) is 17.4. The number of rotatable bonds is 8. The molecule has 0 aromatic heterocycles. The van der Waals surface area contributed by atoms with Crippen LogP contribution in [0.15, 0.2) is 71.6 Å². The molecule has 3 aromatic rings. The number of benzene rings is 3. The SMILES string of the molecule is COc1ccc(NS(=O)(=O)c2cc(C(=O)NCc3ccc(NC(C)=O)cc3)ccc2Cl)cc1. The van der Waals surface area contributed by atoms with Gasteiger partial charge < -0.3 is 15.4 Å². The van der Waals surface area contributed by atoms with Crippen LogP contribution >= 0.6 is 11.6 Å². The summed E-state index contributed by atoms with van der Waals surface area (Å²) in [7, 11) is -2.53. The number of nitrogens with one attached hydrogen (secondary N) is 3. The van der Waals surface area contributed by atoms with Gasteiger partial charge in [0.15, 0.2) is 0 Å². The molecule has 0 aliphatic carbocycles. The minimum atomic E-state index is -4.04. The second-order valence-electron chi connectivity index (χ2n) is 7.04. The Bertz CT molecular complexity index is 1260. The molecule has 10 heteroatoms. The first-order valence-electron chi connectivity index (χ1n) is 9.79. The lowest BCUT2D eigenvalue weighted by Crippen LogP contribution is -2.23. The number of methoxy groups -OCH3 is 1. The summed E-state index contributed by atoms with van der Waals surface area (Å²) in [6.07, 6.45) is 0. The summed E-state index contributed by atoms with van der Waals surface area (Å²) < 4.78 is 33.2. The number of amides is 2. The first-order valence-corrected chi connectivity index (χ1v) is 11.7. The van der Waals surface area contributed by atoms with Crippen LogP contribution < -0.4 is 20.1 Å². The molecule has 0 fully saturated rings. The fraction of sp³-hybridized carbons (Fsp3) is 0.130. The van der Waals surface area contributed by atoms with E-state index < -0.39 is 15.9 Å². The van der Waals surface area contributed by atoms with E-state index in [0.717, 1.165) is 5.56 Å². The molecule has 0 spiro atoms. The Morgan fingerprint density at radius 2 is 1.58 bits per heavy atom. The van der Waals surface area contributed by atoms with Gasteiger partial charge in [-0.05, 0) is 60.2 Å². The number of halogens is 1. The van der Waals surface area contributed by atoms with Gasteiger partial charge in [-0.3, -0.25) is 14.3 Å². The van der Waals surface area contributed by atoms with E-state index in [-0.39, 0.29) is 27.9 Å². The predicted octanol–water partition coefficient (Wildman–Crippen LogP) is 4.04. The summed E-state index contributed by atoms with van der Waals surface area (Å²) in [5, 5.41) is 5.39. The van der Waals surface area contributed by atoms with Gasteiger partial charge in [-0.25, -0.2) is 8.42 Å². The molecule has 3 aromatic carbocycles. The maximum atomic E-state index is 12.9. The van der Waals surface area contributed by atoms with Crippen LogP contribution in [0.5, 0.6) is 5.75 Å². The third-order valence-corrected chi connectivity index (χ3v) is 6.42. The molecule has 3 N–H and O–H groups in total. The Balaban J connectivity index is 1.71. The van der Waals surface area contributed by atoms with Crippen LogP contribution in [-0.4, -0.2) is 27.3 Å². The number of anilines is 2. The van der Waals surface area contributed by atoms with E-state index in [0.29, 0.717) is 17.1 Å². The topological polar surface area (TPSA) is 114 Å². The van der Waals surface area contributed by atoms with Gasteiger partial charge in [0, 0.05) is 30.4 Å². The highest BCUT2D eigenvalue weighted by atomic mass is 35.5. The Labute approximate surface area is 197 Å². The van der Waals surface area contributed by atoms with Crippen molar-refractivity contribution in [1.82, 2.24) is 5.32 Å². The van der Waals surface area contributed by atoms with Crippen molar-refractivity contribution in [2.45, 2.75) is 18.4 Å². The molecular weight excluding hydrogens is 466 g/mol. The number of ether oxygens (including phenoxy) is 1. The fourth-order valence-corrected chi connectivity index (χ4v) is 4.50. The number of hydrogen-bond acceptors (Lipinski definition) is 5. The van der Waals surface area contributed by atoms with E-state index in [2.05, 4.69) is 15.4 Å². The van der Waals surface area contributed by atoms with E-state index in [1.165, 1.54) is 32.2 Å². The van der Waals surface area contributed by atoms with Crippen molar-refractivity contribution < 1.29 is 22.7 Å². The van der Waals surface area contributed by atoms with E-state index in [4.69, 9.17) is 16.3 Å². The molecular formula is C23H22ClN3O5S. The van der Waals surface area contributed by atoms with E-state index >= 15 is 0 Å².